The van der Waals surface area contributed by atoms with Gasteiger partial charge in [-0.05, 0) is 43.7 Å². The number of amides is 2. The van der Waals surface area contributed by atoms with E-state index in [4.69, 9.17) is 11.6 Å². The molecule has 0 bridgehead atoms. The normalized spacial score (nSPS) is 15.0. The van der Waals surface area contributed by atoms with Crippen molar-refractivity contribution in [2.24, 2.45) is 0 Å². The highest BCUT2D eigenvalue weighted by molar-refractivity contribution is 8.03. The van der Waals surface area contributed by atoms with Crippen LogP contribution in [0.15, 0.2) is 94.7 Å². The molecule has 0 fully saturated rings. The van der Waals surface area contributed by atoms with Gasteiger partial charge in [0.25, 0.3) is 5.91 Å². The molecule has 9 heteroatoms. The van der Waals surface area contributed by atoms with Crippen molar-refractivity contribution in [1.82, 2.24) is 5.32 Å². The van der Waals surface area contributed by atoms with Crippen LogP contribution in [0, 0.1) is 24.1 Å². The van der Waals surface area contributed by atoms with Crippen molar-refractivity contribution in [2.75, 3.05) is 16.4 Å². The Hall–Kier alpha value is -4.06. The molecule has 2 amide bonds. The maximum atomic E-state index is 15.1. The average molecular weight is 547 g/mol. The van der Waals surface area contributed by atoms with Crippen molar-refractivity contribution < 1.29 is 14.0 Å². The summed E-state index contributed by atoms with van der Waals surface area (Å²) < 4.78 is 15.1. The number of anilines is 2. The molecule has 0 unspecified atom stereocenters. The number of halogens is 2. The van der Waals surface area contributed by atoms with Crippen LogP contribution in [0.25, 0.3) is 0 Å². The van der Waals surface area contributed by atoms with E-state index in [2.05, 4.69) is 22.0 Å². The molecular weight excluding hydrogens is 523 g/mol. The number of nitrogens with one attached hydrogen (secondary N) is 3. The molecule has 1 heterocycles. The van der Waals surface area contributed by atoms with Crippen LogP contribution in [-0.4, -0.2) is 17.6 Å². The number of rotatable bonds is 7. The largest absolute Gasteiger partial charge is 0.353 e. The Morgan fingerprint density at radius 3 is 2.34 bits per heavy atom. The Morgan fingerprint density at radius 1 is 1.00 bits per heavy atom. The third-order valence-electron chi connectivity index (χ3n) is 6.00. The lowest BCUT2D eigenvalue weighted by molar-refractivity contribution is -0.114. The first-order valence-corrected chi connectivity index (χ1v) is 13.1. The van der Waals surface area contributed by atoms with E-state index in [1.165, 1.54) is 6.07 Å². The zero-order valence-electron chi connectivity index (χ0n) is 20.6. The molecule has 38 heavy (non-hydrogen) atoms. The first-order chi connectivity index (χ1) is 18.3. The van der Waals surface area contributed by atoms with Gasteiger partial charge in [0.1, 0.15) is 5.82 Å². The third kappa shape index (κ3) is 5.91. The second kappa shape index (κ2) is 12.0. The van der Waals surface area contributed by atoms with E-state index in [1.54, 1.807) is 61.5 Å². The number of hydrogen-bond acceptors (Lipinski definition) is 5. The topological polar surface area (TPSA) is 94.0 Å². The van der Waals surface area contributed by atoms with Gasteiger partial charge in [-0.1, -0.05) is 71.9 Å². The summed E-state index contributed by atoms with van der Waals surface area (Å²) in [6.07, 6.45) is 0. The number of para-hydroxylation sites is 2. The smallest absolute Gasteiger partial charge is 0.254 e. The highest BCUT2D eigenvalue weighted by atomic mass is 35.5. The molecule has 0 radical (unpaired) electrons. The quantitative estimate of drug-likeness (QED) is 0.315. The van der Waals surface area contributed by atoms with Crippen molar-refractivity contribution in [3.8, 4) is 6.07 Å². The van der Waals surface area contributed by atoms with Crippen LogP contribution >= 0.6 is 23.4 Å². The first kappa shape index (κ1) is 27.0. The average Bonchev–Trinajstić information content (AvgIpc) is 2.90. The van der Waals surface area contributed by atoms with Gasteiger partial charge in [0.15, 0.2) is 0 Å². The van der Waals surface area contributed by atoms with Crippen LogP contribution in [0.2, 0.25) is 5.02 Å². The fraction of sp³-hybridized carbons (Fsp3) is 0.138. The summed E-state index contributed by atoms with van der Waals surface area (Å²) in [5, 5.41) is 19.7. The van der Waals surface area contributed by atoms with Crippen molar-refractivity contribution in [2.45, 2.75) is 19.8 Å². The molecule has 4 rings (SSSR count). The van der Waals surface area contributed by atoms with E-state index in [1.807, 2.05) is 19.1 Å². The summed E-state index contributed by atoms with van der Waals surface area (Å²) in [7, 11) is 0. The van der Waals surface area contributed by atoms with Crippen molar-refractivity contribution >= 4 is 46.6 Å². The zero-order chi connectivity index (χ0) is 27.2. The number of nitrogens with zero attached hydrogens (tertiary/aromatic N) is 1. The monoisotopic (exact) mass is 546 g/mol. The van der Waals surface area contributed by atoms with Crippen LogP contribution in [0.1, 0.15) is 24.0 Å². The lowest BCUT2D eigenvalue weighted by Crippen LogP contribution is -2.31. The van der Waals surface area contributed by atoms with Crippen LogP contribution in [0.3, 0.4) is 0 Å². The van der Waals surface area contributed by atoms with Gasteiger partial charge in [-0.25, -0.2) is 4.39 Å². The predicted octanol–water partition coefficient (Wildman–Crippen LogP) is 6.49. The van der Waals surface area contributed by atoms with Gasteiger partial charge in [-0.3, -0.25) is 9.59 Å². The van der Waals surface area contributed by atoms with E-state index in [0.717, 1.165) is 17.3 Å². The number of carbonyl (C=O) groups excluding carboxylic acids is 2. The lowest BCUT2D eigenvalue weighted by atomic mass is 9.82. The summed E-state index contributed by atoms with van der Waals surface area (Å²) in [5.74, 6) is -2.34. The Morgan fingerprint density at radius 2 is 1.66 bits per heavy atom. The van der Waals surface area contributed by atoms with Crippen LogP contribution < -0.4 is 16.0 Å². The minimum absolute atomic E-state index is 0.0409. The second-order valence-corrected chi connectivity index (χ2v) is 9.95. The van der Waals surface area contributed by atoms with Crippen LogP contribution in [0.4, 0.5) is 15.8 Å². The van der Waals surface area contributed by atoms with Crippen LogP contribution in [0.5, 0.6) is 0 Å². The molecule has 0 aromatic heterocycles. The van der Waals surface area contributed by atoms with Crippen molar-refractivity contribution in [3.63, 3.8) is 0 Å². The second-order valence-electron chi connectivity index (χ2n) is 8.56. The summed E-state index contributed by atoms with van der Waals surface area (Å²) in [4.78, 5) is 26.2. The summed E-state index contributed by atoms with van der Waals surface area (Å²) in [5.41, 5.74) is 2.97. The molecule has 3 aromatic rings. The number of benzene rings is 3. The molecule has 0 aliphatic carbocycles. The fourth-order valence-corrected chi connectivity index (χ4v) is 5.21. The lowest BCUT2D eigenvalue weighted by Gasteiger charge is -2.30. The molecule has 1 atom stereocenters. The number of nitriles is 1. The third-order valence-corrected chi connectivity index (χ3v) is 7.34. The molecule has 1 aliphatic heterocycles. The van der Waals surface area contributed by atoms with E-state index in [0.29, 0.717) is 27.1 Å². The molecule has 0 spiro atoms. The molecule has 192 valence electrons. The zero-order valence-corrected chi connectivity index (χ0v) is 22.2. The van der Waals surface area contributed by atoms with E-state index in [-0.39, 0.29) is 28.4 Å². The maximum absolute atomic E-state index is 15.1. The highest BCUT2D eigenvalue weighted by Crippen LogP contribution is 2.42. The van der Waals surface area contributed by atoms with Crippen molar-refractivity contribution in [1.29, 1.82) is 5.26 Å². The SMILES string of the molecule is CC1=C(C(=O)Nc2ccccc2C)[C@@H](c2ccccc2F)C(C#N)=C(SCC(=O)Nc2ccccc2Cl)N1. The Labute approximate surface area is 229 Å². The molecule has 0 saturated heterocycles. The van der Waals surface area contributed by atoms with Gasteiger partial charge in [0, 0.05) is 22.5 Å². The van der Waals surface area contributed by atoms with E-state index < -0.39 is 17.6 Å². The van der Waals surface area contributed by atoms with Gasteiger partial charge >= 0.3 is 0 Å². The Bertz CT molecular complexity index is 1510. The summed E-state index contributed by atoms with van der Waals surface area (Å²) >= 11 is 7.23. The minimum Gasteiger partial charge on any atom is -0.353 e. The summed E-state index contributed by atoms with van der Waals surface area (Å²) in [6.45, 7) is 3.56. The van der Waals surface area contributed by atoms with E-state index in [9.17, 15) is 14.9 Å². The highest BCUT2D eigenvalue weighted by Gasteiger charge is 2.36. The van der Waals surface area contributed by atoms with Gasteiger partial charge in [0.2, 0.25) is 5.91 Å². The first-order valence-electron chi connectivity index (χ1n) is 11.7. The van der Waals surface area contributed by atoms with Gasteiger partial charge in [0.05, 0.1) is 39.1 Å². The minimum atomic E-state index is -0.972. The van der Waals surface area contributed by atoms with Gasteiger partial charge < -0.3 is 16.0 Å². The van der Waals surface area contributed by atoms with Crippen LogP contribution in [-0.2, 0) is 9.59 Å². The van der Waals surface area contributed by atoms with Gasteiger partial charge in [-0.2, -0.15) is 5.26 Å². The number of carbonyl (C=O) groups is 2. The summed E-state index contributed by atoms with van der Waals surface area (Å²) in [6, 6.07) is 22.4. The molecular formula is C29H24ClFN4O2S. The number of thioether (sulfide) groups is 1. The number of aryl methyl sites for hydroxylation is 1. The van der Waals surface area contributed by atoms with Gasteiger partial charge in [-0.15, -0.1) is 0 Å². The fourth-order valence-electron chi connectivity index (χ4n) is 4.14. The van der Waals surface area contributed by atoms with E-state index >= 15 is 4.39 Å². The number of dihydropyridines is 1. The molecule has 6 nitrogen and oxygen atoms in total. The molecule has 1 aliphatic rings. The number of allylic oxidation sites excluding steroid dienone is 2. The maximum Gasteiger partial charge on any atom is 0.254 e. The molecule has 3 aromatic carbocycles. The number of hydrogen-bond donors (Lipinski definition) is 3. The predicted molar refractivity (Wildman–Crippen MR) is 150 cm³/mol. The Kier molecular flexibility index (Phi) is 8.52. The molecule has 3 N–H and O–H groups in total. The Balaban J connectivity index is 1.66. The molecule has 0 saturated carbocycles. The van der Waals surface area contributed by atoms with Crippen molar-refractivity contribution in [3.05, 3.63) is 117 Å². The standard InChI is InChI=1S/C29H24ClFN4O2S/c1-17-9-3-7-13-23(17)35-28(37)26-18(2)33-29(20(15-32)27(26)19-10-4-6-12-22(19)31)38-16-25(36)34-24-14-8-5-11-21(24)30/h3-14,27,33H,16H2,1-2H3,(H,34,36)(H,35,37)/t27-/m0/s1.